The van der Waals surface area contributed by atoms with Crippen molar-refractivity contribution in [3.63, 3.8) is 0 Å². The number of nitrogens with one attached hydrogen (secondary N) is 1. The number of rotatable bonds is 3. The van der Waals surface area contributed by atoms with E-state index in [1.54, 1.807) is 5.32 Å². The molecular formula is C8H8F3N3O3. The normalized spacial score (nSPS) is 11.3. The standard InChI is InChI=1S/C8H8F3N3O3/c1-14-5(4(2-13-14)6(15)16)3-12-7(17)8(9,10)11/h2H,3H2,1H3,(H,12,17)(H,15,16). The van der Waals surface area contributed by atoms with Crippen LogP contribution in [0.15, 0.2) is 6.20 Å². The van der Waals surface area contributed by atoms with Gasteiger partial charge in [-0.15, -0.1) is 0 Å². The largest absolute Gasteiger partial charge is 0.478 e. The second-order valence-electron chi connectivity index (χ2n) is 3.11. The third-order valence-corrected chi connectivity index (χ3v) is 1.97. The van der Waals surface area contributed by atoms with E-state index < -0.39 is 24.6 Å². The van der Waals surface area contributed by atoms with Crippen molar-refractivity contribution in [2.24, 2.45) is 7.05 Å². The highest BCUT2D eigenvalue weighted by Gasteiger charge is 2.38. The van der Waals surface area contributed by atoms with E-state index in [4.69, 9.17) is 5.11 Å². The van der Waals surface area contributed by atoms with Gasteiger partial charge in [0.05, 0.1) is 18.4 Å². The van der Waals surface area contributed by atoms with Crippen LogP contribution in [0.4, 0.5) is 13.2 Å². The lowest BCUT2D eigenvalue weighted by molar-refractivity contribution is -0.173. The number of aromatic carboxylic acids is 1. The molecule has 9 heteroatoms. The van der Waals surface area contributed by atoms with Crippen LogP contribution < -0.4 is 5.32 Å². The average Bonchev–Trinajstić information content (AvgIpc) is 2.54. The first-order valence-electron chi connectivity index (χ1n) is 4.32. The van der Waals surface area contributed by atoms with Gasteiger partial charge in [0.2, 0.25) is 0 Å². The first kappa shape index (κ1) is 13.0. The second kappa shape index (κ2) is 4.44. The molecular weight excluding hydrogens is 243 g/mol. The Morgan fingerprint density at radius 1 is 1.53 bits per heavy atom. The molecule has 0 aliphatic rings. The summed E-state index contributed by atoms with van der Waals surface area (Å²) in [6, 6.07) is 0. The van der Waals surface area contributed by atoms with Crippen LogP contribution >= 0.6 is 0 Å². The van der Waals surface area contributed by atoms with Crippen LogP contribution in [0.25, 0.3) is 0 Å². The van der Waals surface area contributed by atoms with Crippen LogP contribution in [0.3, 0.4) is 0 Å². The molecule has 0 aromatic carbocycles. The molecule has 0 aliphatic carbocycles. The molecule has 1 aromatic rings. The number of aromatic nitrogens is 2. The molecule has 0 radical (unpaired) electrons. The number of amides is 1. The number of hydrogen-bond donors (Lipinski definition) is 2. The summed E-state index contributed by atoms with van der Waals surface area (Å²) in [6.45, 7) is -0.559. The van der Waals surface area contributed by atoms with Crippen LogP contribution in [-0.4, -0.2) is 32.9 Å². The van der Waals surface area contributed by atoms with Crippen LogP contribution in [0, 0.1) is 0 Å². The molecule has 0 bridgehead atoms. The smallest absolute Gasteiger partial charge is 0.471 e. The van der Waals surface area contributed by atoms with Crippen molar-refractivity contribution in [2.75, 3.05) is 0 Å². The van der Waals surface area contributed by atoms with Gasteiger partial charge in [0.25, 0.3) is 0 Å². The fourth-order valence-corrected chi connectivity index (χ4v) is 1.12. The summed E-state index contributed by atoms with van der Waals surface area (Å²) in [7, 11) is 1.36. The summed E-state index contributed by atoms with van der Waals surface area (Å²) in [5.74, 6) is -3.45. The Bertz CT molecular complexity index is 453. The Morgan fingerprint density at radius 2 is 2.12 bits per heavy atom. The summed E-state index contributed by atoms with van der Waals surface area (Å²) < 4.78 is 36.7. The number of carbonyl (C=O) groups excluding carboxylic acids is 1. The predicted molar refractivity (Wildman–Crippen MR) is 48.1 cm³/mol. The van der Waals surface area contributed by atoms with Gasteiger partial charge in [0.15, 0.2) is 0 Å². The molecule has 2 N–H and O–H groups in total. The van der Waals surface area contributed by atoms with Gasteiger partial charge < -0.3 is 10.4 Å². The maximum Gasteiger partial charge on any atom is 0.471 e. The van der Waals surface area contributed by atoms with Gasteiger partial charge in [0, 0.05) is 7.05 Å². The second-order valence-corrected chi connectivity index (χ2v) is 3.11. The zero-order chi connectivity index (χ0) is 13.2. The quantitative estimate of drug-likeness (QED) is 0.809. The highest BCUT2D eigenvalue weighted by atomic mass is 19.4. The van der Waals surface area contributed by atoms with Crippen molar-refractivity contribution >= 4 is 11.9 Å². The molecule has 0 fully saturated rings. The van der Waals surface area contributed by atoms with Crippen LogP contribution in [-0.2, 0) is 18.4 Å². The molecule has 0 aliphatic heterocycles. The Kier molecular flexibility index (Phi) is 3.39. The number of carboxylic acid groups (broad SMARTS) is 1. The third-order valence-electron chi connectivity index (χ3n) is 1.97. The SMILES string of the molecule is Cn1ncc(C(=O)O)c1CNC(=O)C(F)(F)F. The minimum atomic E-state index is -5.00. The van der Waals surface area contributed by atoms with Crippen LogP contribution in [0.5, 0.6) is 0 Å². The highest BCUT2D eigenvalue weighted by molar-refractivity contribution is 5.89. The fourth-order valence-electron chi connectivity index (χ4n) is 1.12. The highest BCUT2D eigenvalue weighted by Crippen LogP contribution is 2.15. The number of alkyl halides is 3. The van der Waals surface area contributed by atoms with E-state index in [2.05, 4.69) is 5.10 Å². The molecule has 1 amide bonds. The Labute approximate surface area is 93.0 Å². The zero-order valence-corrected chi connectivity index (χ0v) is 8.58. The number of nitrogens with zero attached hydrogens (tertiary/aromatic N) is 2. The summed E-state index contributed by atoms with van der Waals surface area (Å²) in [5, 5.41) is 13.9. The van der Waals surface area contributed by atoms with Gasteiger partial charge >= 0.3 is 18.1 Å². The maximum atomic E-state index is 11.9. The molecule has 94 valence electrons. The number of carboxylic acids is 1. The van der Waals surface area contributed by atoms with E-state index in [1.807, 2.05) is 0 Å². The van der Waals surface area contributed by atoms with Crippen LogP contribution in [0.1, 0.15) is 16.1 Å². The molecule has 1 rings (SSSR count). The maximum absolute atomic E-state index is 11.9. The zero-order valence-electron chi connectivity index (χ0n) is 8.58. The molecule has 1 aromatic heterocycles. The molecule has 0 saturated carbocycles. The Hall–Kier alpha value is -2.06. The number of aryl methyl sites for hydroxylation is 1. The molecule has 0 unspecified atom stereocenters. The van der Waals surface area contributed by atoms with E-state index in [1.165, 1.54) is 7.05 Å². The average molecular weight is 251 g/mol. The van der Waals surface area contributed by atoms with Gasteiger partial charge in [0.1, 0.15) is 5.56 Å². The van der Waals surface area contributed by atoms with Gasteiger partial charge in [-0.25, -0.2) is 4.79 Å². The van der Waals surface area contributed by atoms with Crippen LogP contribution in [0.2, 0.25) is 0 Å². The third kappa shape index (κ3) is 2.95. The lowest BCUT2D eigenvalue weighted by Gasteiger charge is -2.08. The van der Waals surface area contributed by atoms with Crippen molar-refractivity contribution in [3.8, 4) is 0 Å². The van der Waals surface area contributed by atoms with E-state index in [0.29, 0.717) is 0 Å². The molecule has 0 spiro atoms. The molecule has 0 atom stereocenters. The minimum absolute atomic E-state index is 0.0184. The first-order valence-corrected chi connectivity index (χ1v) is 4.32. The van der Waals surface area contributed by atoms with Crippen molar-refractivity contribution in [1.29, 1.82) is 0 Å². The lowest BCUT2D eigenvalue weighted by Crippen LogP contribution is -2.37. The van der Waals surface area contributed by atoms with Gasteiger partial charge in [-0.2, -0.15) is 18.3 Å². The number of halogens is 3. The fraction of sp³-hybridized carbons (Fsp3) is 0.375. The van der Waals surface area contributed by atoms with E-state index in [-0.39, 0.29) is 11.3 Å². The van der Waals surface area contributed by atoms with Crippen molar-refractivity contribution in [3.05, 3.63) is 17.5 Å². The van der Waals surface area contributed by atoms with E-state index >= 15 is 0 Å². The molecule has 6 nitrogen and oxygen atoms in total. The minimum Gasteiger partial charge on any atom is -0.478 e. The summed E-state index contributed by atoms with van der Waals surface area (Å²) in [6.07, 6.45) is -4.00. The molecule has 0 saturated heterocycles. The lowest BCUT2D eigenvalue weighted by atomic mass is 10.2. The topological polar surface area (TPSA) is 84.2 Å². The van der Waals surface area contributed by atoms with Gasteiger partial charge in [-0.3, -0.25) is 9.48 Å². The Balaban J connectivity index is 2.79. The van der Waals surface area contributed by atoms with Crippen molar-refractivity contribution < 1.29 is 27.9 Å². The van der Waals surface area contributed by atoms with E-state index in [9.17, 15) is 22.8 Å². The number of carbonyl (C=O) groups is 2. The summed E-state index contributed by atoms with van der Waals surface area (Å²) in [5.41, 5.74) is -0.273. The van der Waals surface area contributed by atoms with Crippen molar-refractivity contribution in [2.45, 2.75) is 12.7 Å². The molecule has 17 heavy (non-hydrogen) atoms. The summed E-state index contributed by atoms with van der Waals surface area (Å²) in [4.78, 5) is 21.2. The monoisotopic (exact) mass is 251 g/mol. The Morgan fingerprint density at radius 3 is 2.59 bits per heavy atom. The van der Waals surface area contributed by atoms with Gasteiger partial charge in [-0.1, -0.05) is 0 Å². The van der Waals surface area contributed by atoms with E-state index in [0.717, 1.165) is 10.9 Å². The predicted octanol–water partition coefficient (Wildman–Crippen LogP) is 0.297. The number of hydrogen-bond acceptors (Lipinski definition) is 3. The van der Waals surface area contributed by atoms with Crippen molar-refractivity contribution in [1.82, 2.24) is 15.1 Å². The van der Waals surface area contributed by atoms with Gasteiger partial charge in [-0.05, 0) is 0 Å². The summed E-state index contributed by atoms with van der Waals surface area (Å²) >= 11 is 0. The first-order chi connectivity index (χ1) is 7.73. The molecule has 1 heterocycles.